The normalized spacial score (nSPS) is 25.0. The molecule has 2 aromatic rings. The highest BCUT2D eigenvalue weighted by atomic mass is 79.9. The summed E-state index contributed by atoms with van der Waals surface area (Å²) in [5, 5.41) is 0. The van der Waals surface area contributed by atoms with Gasteiger partial charge < -0.3 is 0 Å². The lowest BCUT2D eigenvalue weighted by atomic mass is 9.87. The van der Waals surface area contributed by atoms with Gasteiger partial charge in [0.25, 0.3) is 0 Å². The maximum absolute atomic E-state index is 4.46. The number of nitrogens with zero attached hydrogens (tertiary/aromatic N) is 4. The predicted molar refractivity (Wildman–Crippen MR) is 89.2 cm³/mol. The van der Waals surface area contributed by atoms with Gasteiger partial charge in [-0.15, -0.1) is 0 Å². The van der Waals surface area contributed by atoms with Gasteiger partial charge in [-0.1, -0.05) is 6.07 Å². The van der Waals surface area contributed by atoms with Crippen LogP contribution in [0.2, 0.25) is 0 Å². The molecule has 3 saturated heterocycles. The van der Waals surface area contributed by atoms with Crippen molar-refractivity contribution in [3.05, 3.63) is 58.6 Å². The Morgan fingerprint density at radius 2 is 2.00 bits per heavy atom. The van der Waals surface area contributed by atoms with Crippen LogP contribution in [0.25, 0.3) is 0 Å². The van der Waals surface area contributed by atoms with Gasteiger partial charge in [-0.3, -0.25) is 19.8 Å². The molecular formula is C17H19BrN4. The van der Waals surface area contributed by atoms with Gasteiger partial charge in [0, 0.05) is 61.3 Å². The summed E-state index contributed by atoms with van der Waals surface area (Å²) >= 11 is 3.50. The molecule has 2 aromatic heterocycles. The summed E-state index contributed by atoms with van der Waals surface area (Å²) in [7, 11) is 0. The van der Waals surface area contributed by atoms with Crippen LogP contribution in [0.5, 0.6) is 0 Å². The van der Waals surface area contributed by atoms with Crippen LogP contribution in [0.3, 0.4) is 0 Å². The number of fused-ring (bicyclic) bond motifs is 2. The molecule has 0 amide bonds. The summed E-state index contributed by atoms with van der Waals surface area (Å²) in [6, 6.07) is 9.71. The molecule has 5 rings (SSSR count). The van der Waals surface area contributed by atoms with Crippen molar-refractivity contribution in [3.63, 3.8) is 0 Å². The number of halogens is 1. The van der Waals surface area contributed by atoms with E-state index in [2.05, 4.69) is 53.9 Å². The average molecular weight is 359 g/mol. The third kappa shape index (κ3) is 2.93. The SMILES string of the molecule is Brc1cncc(CN2CC3CC(C2)N3Cc2ccccn2)c1. The summed E-state index contributed by atoms with van der Waals surface area (Å²) in [5.41, 5.74) is 2.47. The minimum Gasteiger partial charge on any atom is -0.296 e. The van der Waals surface area contributed by atoms with E-state index >= 15 is 0 Å². The Balaban J connectivity index is 1.36. The fraction of sp³-hybridized carbons (Fsp3) is 0.412. The summed E-state index contributed by atoms with van der Waals surface area (Å²) in [5.74, 6) is 0. The first-order valence-corrected chi connectivity index (χ1v) is 8.54. The van der Waals surface area contributed by atoms with Crippen molar-refractivity contribution in [2.24, 2.45) is 0 Å². The second kappa shape index (κ2) is 6.07. The first-order valence-electron chi connectivity index (χ1n) is 7.75. The van der Waals surface area contributed by atoms with Crippen LogP contribution in [-0.4, -0.2) is 44.9 Å². The van der Waals surface area contributed by atoms with Gasteiger partial charge in [0.2, 0.25) is 0 Å². The average Bonchev–Trinajstić information content (AvgIpc) is 2.54. The third-order valence-electron chi connectivity index (χ3n) is 4.66. The number of piperazine rings is 1. The Kier molecular flexibility index (Phi) is 3.94. The largest absolute Gasteiger partial charge is 0.296 e. The zero-order chi connectivity index (χ0) is 14.9. The smallest absolute Gasteiger partial charge is 0.0544 e. The van der Waals surface area contributed by atoms with Crippen molar-refractivity contribution in [1.82, 2.24) is 19.8 Å². The van der Waals surface area contributed by atoms with Crippen molar-refractivity contribution < 1.29 is 0 Å². The summed E-state index contributed by atoms with van der Waals surface area (Å²) in [4.78, 5) is 13.9. The Bertz CT molecular complexity index is 636. The molecule has 5 heteroatoms. The fourth-order valence-corrected chi connectivity index (χ4v) is 4.05. The zero-order valence-corrected chi connectivity index (χ0v) is 14.0. The molecule has 0 spiro atoms. The topological polar surface area (TPSA) is 32.3 Å². The molecule has 0 aromatic carbocycles. The number of rotatable bonds is 4. The Morgan fingerprint density at radius 3 is 2.73 bits per heavy atom. The molecule has 2 bridgehead atoms. The van der Waals surface area contributed by atoms with Crippen LogP contribution in [0.1, 0.15) is 17.7 Å². The number of piperidine rings is 1. The molecule has 5 heterocycles. The van der Waals surface area contributed by atoms with E-state index in [4.69, 9.17) is 0 Å². The second-order valence-corrected chi connectivity index (χ2v) is 7.16. The first-order chi connectivity index (χ1) is 10.8. The summed E-state index contributed by atoms with van der Waals surface area (Å²) in [6.07, 6.45) is 7.03. The van der Waals surface area contributed by atoms with Crippen LogP contribution in [0.15, 0.2) is 47.3 Å². The van der Waals surface area contributed by atoms with Gasteiger partial charge in [0.1, 0.15) is 0 Å². The molecule has 0 radical (unpaired) electrons. The minimum atomic E-state index is 0.681. The number of pyridine rings is 2. The summed E-state index contributed by atoms with van der Waals surface area (Å²) < 4.78 is 1.06. The number of aromatic nitrogens is 2. The zero-order valence-electron chi connectivity index (χ0n) is 12.4. The lowest BCUT2D eigenvalue weighted by Crippen LogP contribution is -2.67. The summed E-state index contributed by atoms with van der Waals surface area (Å²) in [6.45, 7) is 4.28. The van der Waals surface area contributed by atoms with Gasteiger partial charge in [-0.05, 0) is 46.1 Å². The Labute approximate surface area is 139 Å². The fourth-order valence-electron chi connectivity index (χ4n) is 3.64. The molecule has 2 atom stereocenters. The van der Waals surface area contributed by atoms with Crippen LogP contribution in [-0.2, 0) is 13.1 Å². The second-order valence-electron chi connectivity index (χ2n) is 6.24. The van der Waals surface area contributed by atoms with E-state index in [-0.39, 0.29) is 0 Å². The lowest BCUT2D eigenvalue weighted by molar-refractivity contribution is -0.0781. The van der Waals surface area contributed by atoms with Crippen LogP contribution in [0, 0.1) is 0 Å². The monoisotopic (exact) mass is 358 g/mol. The predicted octanol–water partition coefficient (Wildman–Crippen LogP) is 2.70. The molecule has 3 aliphatic rings. The number of hydrogen-bond acceptors (Lipinski definition) is 4. The van der Waals surface area contributed by atoms with Gasteiger partial charge in [0.15, 0.2) is 0 Å². The quantitative estimate of drug-likeness (QED) is 0.840. The molecule has 22 heavy (non-hydrogen) atoms. The highest BCUT2D eigenvalue weighted by Crippen LogP contribution is 2.34. The van der Waals surface area contributed by atoms with E-state index in [9.17, 15) is 0 Å². The molecule has 3 aliphatic heterocycles. The van der Waals surface area contributed by atoms with Gasteiger partial charge >= 0.3 is 0 Å². The standard InChI is InChI=1S/C17H19BrN4/c18-14-5-13(7-19-8-14)9-21-11-16-6-17(12-21)22(16)10-15-3-1-2-4-20-15/h1-5,7-8,16-17H,6,9-12H2. The Morgan fingerprint density at radius 1 is 1.14 bits per heavy atom. The molecule has 0 aliphatic carbocycles. The third-order valence-corrected chi connectivity index (χ3v) is 5.09. The highest BCUT2D eigenvalue weighted by Gasteiger charge is 2.44. The van der Waals surface area contributed by atoms with Crippen molar-refractivity contribution in [2.75, 3.05) is 13.1 Å². The molecular weight excluding hydrogens is 340 g/mol. The van der Waals surface area contributed by atoms with E-state index in [1.807, 2.05) is 24.7 Å². The van der Waals surface area contributed by atoms with Crippen molar-refractivity contribution >= 4 is 15.9 Å². The van der Waals surface area contributed by atoms with Crippen molar-refractivity contribution in [2.45, 2.75) is 31.6 Å². The lowest BCUT2D eigenvalue weighted by Gasteiger charge is -2.56. The molecule has 3 fully saturated rings. The molecule has 0 saturated carbocycles. The molecule has 2 unspecified atom stereocenters. The Hall–Kier alpha value is -1.30. The maximum atomic E-state index is 4.46. The van der Waals surface area contributed by atoms with E-state index in [1.54, 1.807) is 0 Å². The van der Waals surface area contributed by atoms with Gasteiger partial charge in [0.05, 0.1) is 5.69 Å². The molecule has 0 N–H and O–H groups in total. The van der Waals surface area contributed by atoms with E-state index in [0.717, 1.165) is 30.7 Å². The van der Waals surface area contributed by atoms with Gasteiger partial charge in [-0.2, -0.15) is 0 Å². The van der Waals surface area contributed by atoms with Crippen LogP contribution < -0.4 is 0 Å². The maximum Gasteiger partial charge on any atom is 0.0544 e. The van der Waals surface area contributed by atoms with Crippen LogP contribution >= 0.6 is 15.9 Å². The highest BCUT2D eigenvalue weighted by molar-refractivity contribution is 9.10. The molecule has 114 valence electrons. The van der Waals surface area contributed by atoms with Gasteiger partial charge in [-0.25, -0.2) is 0 Å². The number of hydrogen-bond donors (Lipinski definition) is 0. The minimum absolute atomic E-state index is 0.681. The van der Waals surface area contributed by atoms with E-state index < -0.39 is 0 Å². The van der Waals surface area contributed by atoms with Crippen LogP contribution in [0.4, 0.5) is 0 Å². The van der Waals surface area contributed by atoms with E-state index in [0.29, 0.717) is 12.1 Å². The van der Waals surface area contributed by atoms with Crippen molar-refractivity contribution in [3.8, 4) is 0 Å². The first kappa shape index (κ1) is 14.3. The van der Waals surface area contributed by atoms with E-state index in [1.165, 1.54) is 17.7 Å². The molecule has 4 nitrogen and oxygen atoms in total. The van der Waals surface area contributed by atoms with Crippen molar-refractivity contribution in [1.29, 1.82) is 0 Å².